The normalized spacial score (nSPS) is 12.1. The van der Waals surface area contributed by atoms with Crippen molar-refractivity contribution in [1.29, 1.82) is 0 Å². The average Bonchev–Trinajstić information content (AvgIpc) is 3.99. The molecule has 0 spiro atoms. The number of nitrogens with zero attached hydrogens (tertiary/aromatic N) is 8. The molecule has 8 bridgehead atoms. The third kappa shape index (κ3) is 4.55. The molecule has 0 aliphatic carbocycles. The monoisotopic (exact) mass is 775 g/mol. The van der Waals surface area contributed by atoms with Gasteiger partial charge in [-0.1, -0.05) is 146 Å². The molecule has 8 nitrogen and oxygen atoms in total. The Kier molecular flexibility index (Phi) is 6.64. The minimum Gasteiger partial charge on any atom is -0.357 e. The van der Waals surface area contributed by atoms with Crippen molar-refractivity contribution in [3.05, 3.63) is 146 Å². The molecule has 0 saturated carbocycles. The molecule has 2 aliphatic heterocycles. The molecule has 0 saturated heterocycles. The van der Waals surface area contributed by atoms with Gasteiger partial charge in [-0.25, -0.2) is 9.97 Å². The molecule has 9 heteroatoms. The second-order valence-corrected chi connectivity index (χ2v) is 14.3. The van der Waals surface area contributed by atoms with Crippen LogP contribution in [0.3, 0.4) is 0 Å². The van der Waals surface area contributed by atoms with E-state index in [4.69, 9.17) is 39.9 Å². The minimum absolute atomic E-state index is 0. The van der Waals surface area contributed by atoms with E-state index in [1.54, 1.807) is 0 Å². The van der Waals surface area contributed by atoms with Crippen LogP contribution >= 0.6 is 0 Å². The third-order valence-electron chi connectivity index (χ3n) is 11.3. The summed E-state index contributed by atoms with van der Waals surface area (Å²) in [6.07, 6.45) is 0. The van der Waals surface area contributed by atoms with Gasteiger partial charge in [-0.2, -0.15) is 0 Å². The molecule has 0 atom stereocenters. The van der Waals surface area contributed by atoms with E-state index >= 15 is 0 Å². The number of hydrogen-bond donors (Lipinski definition) is 0. The van der Waals surface area contributed by atoms with Gasteiger partial charge in [0.2, 0.25) is 0 Å². The summed E-state index contributed by atoms with van der Waals surface area (Å²) in [7, 11) is 0. The van der Waals surface area contributed by atoms with Gasteiger partial charge in [0, 0.05) is 55.6 Å². The first-order valence-electron chi connectivity index (χ1n) is 18.5. The van der Waals surface area contributed by atoms with Gasteiger partial charge in [-0.15, -0.1) is 0 Å². The van der Waals surface area contributed by atoms with Crippen LogP contribution in [0.1, 0.15) is 0 Å². The van der Waals surface area contributed by atoms with Gasteiger partial charge in [0.05, 0.1) is 23.3 Å². The molecular weight excluding hydrogens is 752 g/mol. The molecule has 3 aromatic heterocycles. The summed E-state index contributed by atoms with van der Waals surface area (Å²) in [4.78, 5) is 42.0. The van der Waals surface area contributed by atoms with Crippen LogP contribution in [-0.4, -0.2) is 29.9 Å². The number of fused-ring (bicyclic) bond motifs is 28. The van der Waals surface area contributed by atoms with E-state index in [9.17, 15) is 0 Å². The molecule has 0 unspecified atom stereocenters. The Morgan fingerprint density at radius 2 is 0.632 bits per heavy atom. The first-order valence-corrected chi connectivity index (χ1v) is 18.5. The van der Waals surface area contributed by atoms with Crippen LogP contribution in [-0.2, 0) is 17.1 Å². The Balaban J connectivity index is 0.00000356. The van der Waals surface area contributed by atoms with E-state index in [-0.39, 0.29) is 17.1 Å². The molecule has 1 radical (unpaired) electrons. The van der Waals surface area contributed by atoms with Crippen LogP contribution in [0, 0.1) is 0 Å². The topological polar surface area (TPSA) is 106 Å². The van der Waals surface area contributed by atoms with Crippen molar-refractivity contribution >= 4 is 87.2 Å². The quantitative estimate of drug-likeness (QED) is 0.140. The molecule has 11 aromatic rings. The zero-order chi connectivity index (χ0) is 36.5. The summed E-state index contributed by atoms with van der Waals surface area (Å²) >= 11 is 0. The van der Waals surface area contributed by atoms with E-state index in [2.05, 4.69) is 97.1 Å². The maximum atomic E-state index is 5.30. The molecule has 57 heavy (non-hydrogen) atoms. The molecule has 0 fully saturated rings. The Morgan fingerprint density at radius 1 is 0.281 bits per heavy atom. The zero-order valence-electron chi connectivity index (χ0n) is 29.7. The Bertz CT molecular complexity index is 3490. The minimum atomic E-state index is 0. The van der Waals surface area contributed by atoms with Crippen molar-refractivity contribution in [2.45, 2.75) is 0 Å². The standard InChI is InChI=1S/C48H24N8.Cu/c1-5-13-29-25(9-1)17-21-33-37(29)45-49-41(33)54-46-39-31-15-7-3-11-27(31)19-23-35(39)43(51-46)56-48-40-32-16-8-4-12-28(32)20-24-36(40)44(52-48)55-47-38-30-14-6-2-10-26(30)18-22-34(38)42(50-47)53-45;/h1-24H;/q-2;+2. The molecule has 267 valence electrons. The number of aromatic nitrogens is 8. The van der Waals surface area contributed by atoms with Crippen molar-refractivity contribution in [2.24, 2.45) is 0 Å². The predicted octanol–water partition coefficient (Wildman–Crippen LogP) is 10.7. The van der Waals surface area contributed by atoms with Crippen LogP contribution in [0.5, 0.6) is 0 Å². The fourth-order valence-corrected chi connectivity index (χ4v) is 8.73. The predicted molar refractivity (Wildman–Crippen MR) is 224 cm³/mol. The number of benzene rings is 8. The molecule has 8 aromatic carbocycles. The van der Waals surface area contributed by atoms with Gasteiger partial charge in [0.15, 0.2) is 0 Å². The number of rotatable bonds is 0. The van der Waals surface area contributed by atoms with Crippen LogP contribution in [0.4, 0.5) is 0 Å². The maximum absolute atomic E-state index is 5.30. The summed E-state index contributed by atoms with van der Waals surface area (Å²) in [6.45, 7) is 0. The summed E-state index contributed by atoms with van der Waals surface area (Å²) in [6, 6.07) is 50.1. The Hall–Kier alpha value is -7.32. The van der Waals surface area contributed by atoms with E-state index in [1.165, 1.54) is 0 Å². The number of hydrogen-bond acceptors (Lipinski definition) is 6. The zero-order valence-corrected chi connectivity index (χ0v) is 30.7. The molecule has 0 amide bonds. The van der Waals surface area contributed by atoms with E-state index in [1.807, 2.05) is 48.5 Å². The average molecular weight is 776 g/mol. The maximum Gasteiger partial charge on any atom is 2.00 e. The molecule has 13 rings (SSSR count). The fourth-order valence-electron chi connectivity index (χ4n) is 8.73. The smallest absolute Gasteiger partial charge is 0.357 e. The van der Waals surface area contributed by atoms with Crippen molar-refractivity contribution in [2.75, 3.05) is 0 Å². The van der Waals surface area contributed by atoms with Crippen LogP contribution < -0.4 is 9.97 Å². The third-order valence-corrected chi connectivity index (χ3v) is 11.3. The van der Waals surface area contributed by atoms with Crippen LogP contribution in [0.2, 0.25) is 0 Å². The molecule has 5 heterocycles. The first kappa shape index (κ1) is 32.0. The van der Waals surface area contributed by atoms with Gasteiger partial charge < -0.3 is 29.9 Å². The van der Waals surface area contributed by atoms with Gasteiger partial charge in [-0.3, -0.25) is 0 Å². The van der Waals surface area contributed by atoms with Gasteiger partial charge in [0.1, 0.15) is 0 Å². The largest absolute Gasteiger partial charge is 2.00 e. The Labute approximate surface area is 333 Å². The van der Waals surface area contributed by atoms with Gasteiger partial charge in [-0.05, 0) is 53.9 Å². The van der Waals surface area contributed by atoms with Crippen LogP contribution in [0.25, 0.3) is 133 Å². The summed E-state index contributed by atoms with van der Waals surface area (Å²) in [5.74, 6) is 2.15. The molecule has 0 N–H and O–H groups in total. The Morgan fingerprint density at radius 3 is 1.07 bits per heavy atom. The molecular formula is C48H24CuN8. The fraction of sp³-hybridized carbons (Fsp3) is 0. The van der Waals surface area contributed by atoms with Crippen molar-refractivity contribution < 1.29 is 17.1 Å². The van der Waals surface area contributed by atoms with Crippen molar-refractivity contribution in [1.82, 2.24) is 39.9 Å². The van der Waals surface area contributed by atoms with Crippen molar-refractivity contribution in [3.8, 4) is 45.6 Å². The van der Waals surface area contributed by atoms with Gasteiger partial charge in [0.25, 0.3) is 0 Å². The van der Waals surface area contributed by atoms with Gasteiger partial charge >= 0.3 is 17.1 Å². The van der Waals surface area contributed by atoms with E-state index in [0.29, 0.717) is 45.9 Å². The summed E-state index contributed by atoms with van der Waals surface area (Å²) < 4.78 is 0. The second kappa shape index (κ2) is 11.8. The van der Waals surface area contributed by atoms with E-state index < -0.39 is 0 Å². The molecule has 2 aliphatic rings. The first-order chi connectivity index (χ1) is 27.7. The SMILES string of the molecule is [Cu+2].c1ccc2c3c(ccc2c1)-c1nc-3nc2[n-]c(nc3nc(nc4[n-]c(n1)c1c5ccccc5ccc41)-c1c-3ccc3ccccc13)c1c3ccccc3ccc21. The summed E-state index contributed by atoms with van der Waals surface area (Å²) in [5.41, 5.74) is 5.73. The van der Waals surface area contributed by atoms with Crippen LogP contribution in [0.15, 0.2) is 146 Å². The van der Waals surface area contributed by atoms with E-state index in [0.717, 1.165) is 86.9 Å². The van der Waals surface area contributed by atoms with Crippen molar-refractivity contribution in [3.63, 3.8) is 0 Å². The summed E-state index contributed by atoms with van der Waals surface area (Å²) in [5, 5.41) is 12.1. The second-order valence-electron chi connectivity index (χ2n) is 14.3.